The first-order chi connectivity index (χ1) is 10.9. The molecule has 1 saturated heterocycles. The van der Waals surface area contributed by atoms with Crippen molar-refractivity contribution >= 4 is 15.9 Å². The van der Waals surface area contributed by atoms with Gasteiger partial charge in [-0.15, -0.1) is 0 Å². The lowest BCUT2D eigenvalue weighted by molar-refractivity contribution is -0.121. The van der Waals surface area contributed by atoms with Gasteiger partial charge in [0.2, 0.25) is 15.9 Å². The molecule has 1 aliphatic rings. The fourth-order valence-corrected chi connectivity index (χ4v) is 3.98. The SMILES string of the molecule is NC(=O)[C@@H](CNS(=O)(=O)C1CCOCC1)Cc1ccc(F)cc1. The van der Waals surface area contributed by atoms with Gasteiger partial charge >= 0.3 is 0 Å². The van der Waals surface area contributed by atoms with Crippen LogP contribution in [0.4, 0.5) is 4.39 Å². The molecule has 0 saturated carbocycles. The highest BCUT2D eigenvalue weighted by Gasteiger charge is 2.29. The Hall–Kier alpha value is -1.51. The average molecular weight is 344 g/mol. The number of sulfonamides is 1. The number of carbonyl (C=O) groups is 1. The molecule has 1 atom stereocenters. The predicted octanol–water partition coefficient (Wildman–Crippen LogP) is 0.568. The molecule has 0 aromatic heterocycles. The van der Waals surface area contributed by atoms with Gasteiger partial charge in [0.1, 0.15) is 5.82 Å². The van der Waals surface area contributed by atoms with Crippen LogP contribution in [0.1, 0.15) is 18.4 Å². The molecule has 0 unspecified atom stereocenters. The summed E-state index contributed by atoms with van der Waals surface area (Å²) in [5.74, 6) is -1.65. The maximum absolute atomic E-state index is 12.9. The summed E-state index contributed by atoms with van der Waals surface area (Å²) < 4.78 is 45.0. The number of ether oxygens (including phenoxy) is 1. The lowest BCUT2D eigenvalue weighted by atomic mass is 9.99. The molecule has 2 rings (SSSR count). The topological polar surface area (TPSA) is 98.5 Å². The zero-order chi connectivity index (χ0) is 16.9. The number of rotatable bonds is 7. The van der Waals surface area contributed by atoms with Gasteiger partial charge in [-0.25, -0.2) is 17.5 Å². The minimum absolute atomic E-state index is 0.0631. The monoisotopic (exact) mass is 344 g/mol. The van der Waals surface area contributed by atoms with Crippen molar-refractivity contribution in [1.29, 1.82) is 0 Å². The molecular formula is C15H21FN2O4S. The van der Waals surface area contributed by atoms with Gasteiger partial charge in [-0.05, 0) is 37.0 Å². The van der Waals surface area contributed by atoms with Crippen LogP contribution in [0.3, 0.4) is 0 Å². The van der Waals surface area contributed by atoms with E-state index in [1.54, 1.807) is 12.1 Å². The van der Waals surface area contributed by atoms with Crippen LogP contribution in [-0.4, -0.2) is 39.3 Å². The number of benzene rings is 1. The molecule has 1 fully saturated rings. The molecule has 1 aromatic rings. The second kappa shape index (κ2) is 7.85. The zero-order valence-electron chi connectivity index (χ0n) is 12.7. The van der Waals surface area contributed by atoms with E-state index in [0.717, 1.165) is 5.56 Å². The summed E-state index contributed by atoms with van der Waals surface area (Å²) >= 11 is 0. The van der Waals surface area contributed by atoms with Gasteiger partial charge in [-0.2, -0.15) is 0 Å². The fraction of sp³-hybridized carbons (Fsp3) is 0.533. The van der Waals surface area contributed by atoms with Gasteiger partial charge < -0.3 is 10.5 Å². The van der Waals surface area contributed by atoms with Crippen molar-refractivity contribution in [1.82, 2.24) is 4.72 Å². The zero-order valence-corrected chi connectivity index (χ0v) is 13.5. The Bertz CT molecular complexity index is 627. The Balaban J connectivity index is 1.96. The summed E-state index contributed by atoms with van der Waals surface area (Å²) in [5, 5.41) is -0.504. The number of nitrogens with two attached hydrogens (primary N) is 1. The van der Waals surface area contributed by atoms with Crippen molar-refractivity contribution < 1.29 is 22.3 Å². The van der Waals surface area contributed by atoms with E-state index >= 15 is 0 Å². The first kappa shape index (κ1) is 17.8. The lowest BCUT2D eigenvalue weighted by Crippen LogP contribution is -2.42. The molecule has 128 valence electrons. The number of hydrogen-bond acceptors (Lipinski definition) is 4. The molecule has 1 aromatic carbocycles. The van der Waals surface area contributed by atoms with E-state index in [0.29, 0.717) is 26.1 Å². The Morgan fingerprint density at radius 2 is 1.91 bits per heavy atom. The number of amides is 1. The van der Waals surface area contributed by atoms with Gasteiger partial charge in [0.15, 0.2) is 0 Å². The van der Waals surface area contributed by atoms with E-state index in [2.05, 4.69) is 4.72 Å². The van der Waals surface area contributed by atoms with Crippen molar-refractivity contribution in [3.63, 3.8) is 0 Å². The number of carbonyl (C=O) groups excluding carboxylic acids is 1. The van der Waals surface area contributed by atoms with Crippen molar-refractivity contribution in [2.75, 3.05) is 19.8 Å². The standard InChI is InChI=1S/C15H21FN2O4S/c16-13-3-1-11(2-4-13)9-12(15(17)19)10-18-23(20,21)14-5-7-22-8-6-14/h1-4,12,14,18H,5-10H2,(H2,17,19)/t12-/m1/s1. The number of nitrogens with one attached hydrogen (secondary N) is 1. The number of hydrogen-bond donors (Lipinski definition) is 2. The Kier molecular flexibility index (Phi) is 6.09. The van der Waals surface area contributed by atoms with Gasteiger partial charge in [0.25, 0.3) is 0 Å². The van der Waals surface area contributed by atoms with Crippen LogP contribution in [0.25, 0.3) is 0 Å². The average Bonchev–Trinajstić information content (AvgIpc) is 2.54. The summed E-state index contributed by atoms with van der Waals surface area (Å²) in [6.45, 7) is 0.771. The Morgan fingerprint density at radius 1 is 1.30 bits per heavy atom. The lowest BCUT2D eigenvalue weighted by Gasteiger charge is -2.23. The molecule has 8 heteroatoms. The summed E-state index contributed by atoms with van der Waals surface area (Å²) in [6.07, 6.45) is 1.13. The quantitative estimate of drug-likeness (QED) is 0.755. The normalized spacial score (nSPS) is 17.8. The molecule has 23 heavy (non-hydrogen) atoms. The van der Waals surface area contributed by atoms with Crippen LogP contribution >= 0.6 is 0 Å². The molecular weight excluding hydrogens is 323 g/mol. The molecule has 0 radical (unpaired) electrons. The number of halogens is 1. The third kappa shape index (κ3) is 5.26. The molecule has 1 amide bonds. The highest BCUT2D eigenvalue weighted by Crippen LogP contribution is 2.16. The summed E-state index contributed by atoms with van der Waals surface area (Å²) in [4.78, 5) is 11.6. The van der Waals surface area contributed by atoms with Crippen LogP contribution < -0.4 is 10.5 Å². The second-order valence-electron chi connectivity index (χ2n) is 5.64. The molecule has 0 spiro atoms. The maximum Gasteiger partial charge on any atom is 0.222 e. The summed E-state index contributed by atoms with van der Waals surface area (Å²) in [6, 6.07) is 5.69. The first-order valence-corrected chi connectivity index (χ1v) is 9.03. The third-order valence-electron chi connectivity index (χ3n) is 3.94. The van der Waals surface area contributed by atoms with E-state index in [-0.39, 0.29) is 18.8 Å². The van der Waals surface area contributed by atoms with Crippen LogP contribution in [0, 0.1) is 11.7 Å². The highest BCUT2D eigenvalue weighted by atomic mass is 32.2. The van der Waals surface area contributed by atoms with Gasteiger partial charge in [-0.1, -0.05) is 12.1 Å². The van der Waals surface area contributed by atoms with E-state index in [9.17, 15) is 17.6 Å². The van der Waals surface area contributed by atoms with Gasteiger partial charge in [0.05, 0.1) is 11.2 Å². The van der Waals surface area contributed by atoms with E-state index in [1.165, 1.54) is 12.1 Å². The minimum Gasteiger partial charge on any atom is -0.381 e. The highest BCUT2D eigenvalue weighted by molar-refractivity contribution is 7.90. The van der Waals surface area contributed by atoms with Crippen LogP contribution in [0.15, 0.2) is 24.3 Å². The largest absolute Gasteiger partial charge is 0.381 e. The first-order valence-electron chi connectivity index (χ1n) is 7.48. The second-order valence-corrected chi connectivity index (χ2v) is 7.68. The minimum atomic E-state index is -3.51. The third-order valence-corrected chi connectivity index (χ3v) is 5.85. The molecule has 6 nitrogen and oxygen atoms in total. The van der Waals surface area contributed by atoms with Gasteiger partial charge in [0, 0.05) is 19.8 Å². The summed E-state index contributed by atoms with van der Waals surface area (Å²) in [7, 11) is -3.51. The molecule has 1 aliphatic heterocycles. The molecule has 1 heterocycles. The summed E-state index contributed by atoms with van der Waals surface area (Å²) in [5.41, 5.74) is 6.08. The Labute approximate surface area is 135 Å². The van der Waals surface area contributed by atoms with Crippen LogP contribution in [0.5, 0.6) is 0 Å². The van der Waals surface area contributed by atoms with E-state index in [4.69, 9.17) is 10.5 Å². The van der Waals surface area contributed by atoms with Gasteiger partial charge in [-0.3, -0.25) is 4.79 Å². The van der Waals surface area contributed by atoms with E-state index < -0.39 is 27.1 Å². The van der Waals surface area contributed by atoms with Crippen molar-refractivity contribution in [2.45, 2.75) is 24.5 Å². The number of primary amides is 1. The molecule has 0 bridgehead atoms. The smallest absolute Gasteiger partial charge is 0.222 e. The van der Waals surface area contributed by atoms with E-state index in [1.807, 2.05) is 0 Å². The van der Waals surface area contributed by atoms with Crippen LogP contribution in [0.2, 0.25) is 0 Å². The predicted molar refractivity (Wildman–Crippen MR) is 83.6 cm³/mol. The Morgan fingerprint density at radius 3 is 2.48 bits per heavy atom. The molecule has 0 aliphatic carbocycles. The fourth-order valence-electron chi connectivity index (χ4n) is 2.50. The molecule has 3 N–H and O–H groups in total. The van der Waals surface area contributed by atoms with Crippen molar-refractivity contribution in [3.8, 4) is 0 Å². The van der Waals surface area contributed by atoms with Crippen molar-refractivity contribution in [3.05, 3.63) is 35.6 Å². The maximum atomic E-state index is 12.9. The van der Waals surface area contributed by atoms with Crippen molar-refractivity contribution in [2.24, 2.45) is 11.7 Å². The van der Waals surface area contributed by atoms with Crippen LogP contribution in [-0.2, 0) is 26.0 Å².